The fraction of sp³-hybridized carbons (Fsp3) is 0.444. The Morgan fingerprint density at radius 3 is 2.38 bits per heavy atom. The number of anilines is 4. The summed E-state index contributed by atoms with van der Waals surface area (Å²) in [5.41, 5.74) is 7.77. The van der Waals surface area contributed by atoms with Gasteiger partial charge in [-0.1, -0.05) is 16.8 Å². The Balaban J connectivity index is 1.81. The van der Waals surface area contributed by atoms with E-state index >= 15 is 4.39 Å². The second-order valence-electron chi connectivity index (χ2n) is 10.0. The topological polar surface area (TPSA) is 95.5 Å². The minimum Gasteiger partial charge on any atom is -0.396 e. The van der Waals surface area contributed by atoms with Crippen LogP contribution in [0.25, 0.3) is 5.69 Å². The highest BCUT2D eigenvalue weighted by Crippen LogP contribution is 2.39. The quantitative estimate of drug-likeness (QED) is 0.399. The van der Waals surface area contributed by atoms with E-state index in [4.69, 9.17) is 17.3 Å². The van der Waals surface area contributed by atoms with Crippen molar-refractivity contribution in [1.82, 2.24) is 24.8 Å². The van der Waals surface area contributed by atoms with Crippen molar-refractivity contribution in [3.05, 3.63) is 52.3 Å². The zero-order valence-electron chi connectivity index (χ0n) is 23.1. The van der Waals surface area contributed by atoms with Crippen molar-refractivity contribution in [1.29, 1.82) is 0 Å². The molecule has 210 valence electrons. The summed E-state index contributed by atoms with van der Waals surface area (Å²) in [6, 6.07) is 4.89. The molecule has 2 aromatic carbocycles. The van der Waals surface area contributed by atoms with Crippen molar-refractivity contribution in [3.63, 3.8) is 0 Å². The van der Waals surface area contributed by atoms with Gasteiger partial charge in [0.05, 0.1) is 34.0 Å². The Bertz CT molecular complexity index is 1360. The van der Waals surface area contributed by atoms with Crippen LogP contribution in [-0.2, 0) is 0 Å². The van der Waals surface area contributed by atoms with Crippen molar-refractivity contribution in [3.8, 4) is 5.69 Å². The molecule has 9 nitrogen and oxygen atoms in total. The van der Waals surface area contributed by atoms with Gasteiger partial charge < -0.3 is 20.9 Å². The second kappa shape index (κ2) is 11.4. The van der Waals surface area contributed by atoms with Gasteiger partial charge in [0.25, 0.3) is 5.91 Å². The lowest BCUT2D eigenvalue weighted by Crippen LogP contribution is -2.55. The molecule has 3 aromatic rings. The minimum absolute atomic E-state index is 0.0547. The number of carbonyl (C=O) groups excluding carboxylic acids is 1. The molecule has 2 heterocycles. The van der Waals surface area contributed by atoms with Gasteiger partial charge in [-0.05, 0) is 53.8 Å². The molecule has 2 atom stereocenters. The second-order valence-corrected chi connectivity index (χ2v) is 10.4. The molecule has 1 aliphatic rings. The lowest BCUT2D eigenvalue weighted by Gasteiger charge is -2.44. The molecule has 0 spiro atoms. The Morgan fingerprint density at radius 2 is 1.77 bits per heavy atom. The zero-order chi connectivity index (χ0) is 28.6. The van der Waals surface area contributed by atoms with Gasteiger partial charge >= 0.3 is 0 Å². The van der Waals surface area contributed by atoms with Gasteiger partial charge in [0.2, 0.25) is 0 Å². The van der Waals surface area contributed by atoms with E-state index in [-0.39, 0.29) is 45.6 Å². The van der Waals surface area contributed by atoms with Crippen molar-refractivity contribution >= 4 is 40.3 Å². The number of nitrogens with one attached hydrogen (secondary N) is 1. The Morgan fingerprint density at radius 1 is 1.13 bits per heavy atom. The molecule has 3 N–H and O–H groups in total. The number of likely N-dealkylation sites (N-methyl/N-ethyl adjacent to an activating group) is 1. The number of piperazine rings is 1. The third-order valence-corrected chi connectivity index (χ3v) is 7.98. The third-order valence-electron chi connectivity index (χ3n) is 7.49. The third kappa shape index (κ3) is 5.51. The molecule has 0 radical (unpaired) electrons. The highest BCUT2D eigenvalue weighted by atomic mass is 35.5. The largest absolute Gasteiger partial charge is 0.396 e. The summed E-state index contributed by atoms with van der Waals surface area (Å²) in [6.07, 6.45) is 1.41. The van der Waals surface area contributed by atoms with Gasteiger partial charge in [0.1, 0.15) is 5.69 Å². The summed E-state index contributed by atoms with van der Waals surface area (Å²) in [5, 5.41) is 11.5. The molecule has 0 unspecified atom stereocenters. The highest BCUT2D eigenvalue weighted by Gasteiger charge is 2.29. The number of amides is 1. The van der Waals surface area contributed by atoms with Gasteiger partial charge in [0, 0.05) is 49.9 Å². The van der Waals surface area contributed by atoms with Crippen molar-refractivity contribution in [2.75, 3.05) is 49.2 Å². The molecule has 1 aliphatic heterocycles. The molecule has 1 amide bonds. The first kappa shape index (κ1) is 28.6. The monoisotopic (exact) mass is 560 g/mol. The van der Waals surface area contributed by atoms with Crippen LogP contribution in [0.5, 0.6) is 0 Å². The predicted octanol–water partition coefficient (Wildman–Crippen LogP) is 4.84. The SMILES string of the molecule is CCN(CC)C(=O)c1cn(-c2cc(Nc3cc(N)c(F)c(C)c3Cl)c(N3C[C@@H](C)N(C)[C@@H](C)C3)cc2F)nn1. The summed E-state index contributed by atoms with van der Waals surface area (Å²) < 4.78 is 31.3. The Kier molecular flexibility index (Phi) is 8.31. The van der Waals surface area contributed by atoms with E-state index in [1.165, 1.54) is 23.0 Å². The molecule has 0 aliphatic carbocycles. The number of benzene rings is 2. The van der Waals surface area contributed by atoms with Gasteiger partial charge in [-0.2, -0.15) is 0 Å². The summed E-state index contributed by atoms with van der Waals surface area (Å²) >= 11 is 6.49. The van der Waals surface area contributed by atoms with E-state index < -0.39 is 11.6 Å². The van der Waals surface area contributed by atoms with Gasteiger partial charge in [-0.15, -0.1) is 5.10 Å². The van der Waals surface area contributed by atoms with Crippen molar-refractivity contribution < 1.29 is 13.6 Å². The maximum Gasteiger partial charge on any atom is 0.276 e. The number of rotatable bonds is 7. The molecule has 0 saturated carbocycles. The van der Waals surface area contributed by atoms with Crippen LogP contribution in [0.1, 0.15) is 43.7 Å². The Hall–Kier alpha value is -3.44. The number of hydrogen-bond acceptors (Lipinski definition) is 7. The first-order valence-corrected chi connectivity index (χ1v) is 13.4. The van der Waals surface area contributed by atoms with E-state index in [1.54, 1.807) is 17.9 Å². The van der Waals surface area contributed by atoms with Crippen LogP contribution >= 0.6 is 11.6 Å². The first-order chi connectivity index (χ1) is 18.5. The Labute approximate surface area is 232 Å². The average molecular weight is 561 g/mol. The fourth-order valence-corrected chi connectivity index (χ4v) is 5.06. The number of hydrogen-bond donors (Lipinski definition) is 2. The van der Waals surface area contributed by atoms with E-state index in [2.05, 4.69) is 46.3 Å². The van der Waals surface area contributed by atoms with Gasteiger partial charge in [0.15, 0.2) is 17.3 Å². The van der Waals surface area contributed by atoms with Crippen LogP contribution in [0, 0.1) is 18.6 Å². The van der Waals surface area contributed by atoms with Crippen molar-refractivity contribution in [2.45, 2.75) is 46.7 Å². The highest BCUT2D eigenvalue weighted by molar-refractivity contribution is 6.34. The number of nitrogen functional groups attached to an aromatic ring is 1. The number of carbonyl (C=O) groups is 1. The van der Waals surface area contributed by atoms with Gasteiger partial charge in [-0.3, -0.25) is 9.69 Å². The molecule has 1 saturated heterocycles. The van der Waals surface area contributed by atoms with Crippen LogP contribution in [0.3, 0.4) is 0 Å². The maximum absolute atomic E-state index is 15.7. The summed E-state index contributed by atoms with van der Waals surface area (Å²) in [5.74, 6) is -1.41. The maximum atomic E-state index is 15.7. The van der Waals surface area contributed by atoms with Crippen LogP contribution in [-0.4, -0.2) is 76.0 Å². The molecule has 4 rings (SSSR count). The van der Waals surface area contributed by atoms with E-state index in [9.17, 15) is 9.18 Å². The fourth-order valence-electron chi connectivity index (χ4n) is 4.88. The lowest BCUT2D eigenvalue weighted by atomic mass is 10.1. The van der Waals surface area contributed by atoms with Crippen molar-refractivity contribution in [2.24, 2.45) is 0 Å². The van der Waals surface area contributed by atoms with Crippen LogP contribution in [0.15, 0.2) is 24.4 Å². The average Bonchev–Trinajstić information content (AvgIpc) is 3.40. The lowest BCUT2D eigenvalue weighted by molar-refractivity contribution is 0.0767. The van der Waals surface area contributed by atoms with E-state index in [0.717, 1.165) is 0 Å². The molecule has 12 heteroatoms. The summed E-state index contributed by atoms with van der Waals surface area (Å²) in [7, 11) is 2.07. The predicted molar refractivity (Wildman–Crippen MR) is 151 cm³/mol. The standard InChI is InChI=1S/C27H35ClF2N8O/c1-7-36(8-2)27(39)22-14-38(34-33-22)23-11-20(32-21-10-19(31)26(30)17(5)25(21)28)24(9-18(23)29)37-12-15(3)35(6)16(4)13-37/h9-11,14-16,32H,7-8,12-13,31H2,1-6H3/t15-,16+. The molecule has 39 heavy (non-hydrogen) atoms. The number of halogens is 3. The number of aromatic nitrogens is 3. The number of nitrogens with two attached hydrogens (primary N) is 1. The van der Waals surface area contributed by atoms with Crippen LogP contribution in [0.4, 0.5) is 31.5 Å². The number of nitrogens with zero attached hydrogens (tertiary/aromatic N) is 6. The summed E-state index contributed by atoms with van der Waals surface area (Å²) in [4.78, 5) is 18.8. The van der Waals surface area contributed by atoms with E-state index in [1.807, 2.05) is 13.8 Å². The molecule has 1 aromatic heterocycles. The minimum atomic E-state index is -0.583. The van der Waals surface area contributed by atoms with E-state index in [0.29, 0.717) is 43.2 Å². The molecular formula is C27H35ClF2N8O. The molecule has 0 bridgehead atoms. The zero-order valence-corrected chi connectivity index (χ0v) is 23.9. The normalized spacial score (nSPS) is 17.9. The molecule has 1 fully saturated rings. The van der Waals surface area contributed by atoms with Gasteiger partial charge in [-0.25, -0.2) is 13.5 Å². The smallest absolute Gasteiger partial charge is 0.276 e. The van der Waals surface area contributed by atoms with Crippen LogP contribution < -0.4 is 16.0 Å². The molecular weight excluding hydrogens is 526 g/mol. The summed E-state index contributed by atoms with van der Waals surface area (Å²) in [6.45, 7) is 11.9. The first-order valence-electron chi connectivity index (χ1n) is 13.0. The van der Waals surface area contributed by atoms with Crippen LogP contribution in [0.2, 0.25) is 5.02 Å².